The fourth-order valence-electron chi connectivity index (χ4n) is 2.73. The Labute approximate surface area is 126 Å². The highest BCUT2D eigenvalue weighted by Crippen LogP contribution is 2.24. The monoisotopic (exact) mass is 291 g/mol. The number of likely N-dealkylation sites (tertiary alicyclic amines) is 1. The summed E-state index contributed by atoms with van der Waals surface area (Å²) in [6.45, 7) is 4.14. The van der Waals surface area contributed by atoms with Gasteiger partial charge in [-0.05, 0) is 38.4 Å². The standard InChI is InChI=1S/C16H25N3O2/c1-12-5-3-4-9-19(12)10-8-16(20)18-15-7-6-13(21-2)11-14(15)17/h6-7,11-12H,3-5,8-10,17H2,1-2H3,(H,18,20). The number of anilines is 2. The second-order valence-electron chi connectivity index (χ2n) is 5.63. The molecule has 1 heterocycles. The Bertz CT molecular complexity index is 490. The van der Waals surface area contributed by atoms with Crippen LogP contribution in [0.5, 0.6) is 5.75 Å². The van der Waals surface area contributed by atoms with Gasteiger partial charge in [0.1, 0.15) is 5.75 Å². The van der Waals surface area contributed by atoms with Crippen molar-refractivity contribution < 1.29 is 9.53 Å². The summed E-state index contributed by atoms with van der Waals surface area (Å²) in [6, 6.07) is 5.86. The second kappa shape index (κ2) is 7.31. The summed E-state index contributed by atoms with van der Waals surface area (Å²) in [6.07, 6.45) is 4.26. The van der Waals surface area contributed by atoms with Gasteiger partial charge in [-0.25, -0.2) is 0 Å². The van der Waals surface area contributed by atoms with Gasteiger partial charge in [0.05, 0.1) is 18.5 Å². The van der Waals surface area contributed by atoms with Crippen LogP contribution in [0.25, 0.3) is 0 Å². The van der Waals surface area contributed by atoms with Gasteiger partial charge >= 0.3 is 0 Å². The fourth-order valence-corrected chi connectivity index (χ4v) is 2.73. The third-order valence-corrected chi connectivity index (χ3v) is 4.10. The molecule has 5 heteroatoms. The number of rotatable bonds is 5. The largest absolute Gasteiger partial charge is 0.497 e. The Balaban J connectivity index is 1.84. The van der Waals surface area contributed by atoms with Crippen LogP contribution in [-0.2, 0) is 4.79 Å². The average molecular weight is 291 g/mol. The second-order valence-corrected chi connectivity index (χ2v) is 5.63. The number of benzene rings is 1. The molecule has 1 saturated heterocycles. The molecule has 1 aromatic rings. The number of carbonyl (C=O) groups excluding carboxylic acids is 1. The number of ether oxygens (including phenoxy) is 1. The number of nitrogen functional groups attached to an aromatic ring is 1. The average Bonchev–Trinajstić information content (AvgIpc) is 2.48. The van der Waals surface area contributed by atoms with E-state index in [9.17, 15) is 4.79 Å². The lowest BCUT2D eigenvalue weighted by atomic mass is 10.0. The van der Waals surface area contributed by atoms with E-state index in [0.29, 0.717) is 29.6 Å². The maximum absolute atomic E-state index is 12.0. The summed E-state index contributed by atoms with van der Waals surface area (Å²) in [5, 5.41) is 2.87. The smallest absolute Gasteiger partial charge is 0.225 e. The first kappa shape index (κ1) is 15.6. The molecule has 3 N–H and O–H groups in total. The lowest BCUT2D eigenvalue weighted by Crippen LogP contribution is -2.39. The Hall–Kier alpha value is -1.75. The molecule has 1 atom stereocenters. The molecule has 1 amide bonds. The minimum atomic E-state index is 0.00430. The summed E-state index contributed by atoms with van der Waals surface area (Å²) in [5.74, 6) is 0.692. The molecule has 1 aliphatic rings. The highest BCUT2D eigenvalue weighted by atomic mass is 16.5. The van der Waals surface area contributed by atoms with Crippen molar-refractivity contribution in [2.45, 2.75) is 38.6 Å². The van der Waals surface area contributed by atoms with Crippen molar-refractivity contribution in [2.24, 2.45) is 0 Å². The number of piperidine rings is 1. The molecular weight excluding hydrogens is 266 g/mol. The van der Waals surface area contributed by atoms with Crippen LogP contribution in [0.4, 0.5) is 11.4 Å². The molecule has 0 bridgehead atoms. The van der Waals surface area contributed by atoms with Crippen LogP contribution < -0.4 is 15.8 Å². The predicted molar refractivity (Wildman–Crippen MR) is 85.5 cm³/mol. The fraction of sp³-hybridized carbons (Fsp3) is 0.562. The van der Waals surface area contributed by atoms with Crippen LogP contribution in [0.15, 0.2) is 18.2 Å². The summed E-state index contributed by atoms with van der Waals surface area (Å²) in [7, 11) is 1.59. The molecule has 1 unspecified atom stereocenters. The Morgan fingerprint density at radius 1 is 1.48 bits per heavy atom. The van der Waals surface area contributed by atoms with Gasteiger partial charge in [0.25, 0.3) is 0 Å². The van der Waals surface area contributed by atoms with Crippen LogP contribution >= 0.6 is 0 Å². The summed E-state index contributed by atoms with van der Waals surface area (Å²) >= 11 is 0. The summed E-state index contributed by atoms with van der Waals surface area (Å²) in [5.41, 5.74) is 7.07. The summed E-state index contributed by atoms with van der Waals surface area (Å²) < 4.78 is 5.09. The van der Waals surface area contributed by atoms with Gasteiger partial charge in [-0.2, -0.15) is 0 Å². The molecule has 0 radical (unpaired) electrons. The predicted octanol–water partition coefficient (Wildman–Crippen LogP) is 2.48. The quantitative estimate of drug-likeness (QED) is 0.818. The molecule has 5 nitrogen and oxygen atoms in total. The first-order valence-corrected chi connectivity index (χ1v) is 7.57. The van der Waals surface area contributed by atoms with E-state index in [1.54, 1.807) is 25.3 Å². The van der Waals surface area contributed by atoms with E-state index in [-0.39, 0.29) is 5.91 Å². The Kier molecular flexibility index (Phi) is 5.44. The van der Waals surface area contributed by atoms with Crippen molar-refractivity contribution >= 4 is 17.3 Å². The Morgan fingerprint density at radius 3 is 2.95 bits per heavy atom. The van der Waals surface area contributed by atoms with E-state index in [2.05, 4.69) is 17.1 Å². The lowest BCUT2D eigenvalue weighted by Gasteiger charge is -2.33. The number of nitrogens with two attached hydrogens (primary N) is 1. The molecule has 1 aliphatic heterocycles. The third kappa shape index (κ3) is 4.36. The first-order chi connectivity index (χ1) is 10.1. The number of nitrogens with zero attached hydrogens (tertiary/aromatic N) is 1. The minimum Gasteiger partial charge on any atom is -0.497 e. The molecule has 0 aromatic heterocycles. The highest BCUT2D eigenvalue weighted by molar-refractivity contribution is 5.94. The number of methoxy groups -OCH3 is 1. The van der Waals surface area contributed by atoms with E-state index >= 15 is 0 Å². The van der Waals surface area contributed by atoms with Crippen molar-refractivity contribution in [2.75, 3.05) is 31.2 Å². The molecule has 2 rings (SSSR count). The van der Waals surface area contributed by atoms with E-state index in [1.165, 1.54) is 19.3 Å². The van der Waals surface area contributed by atoms with Crippen LogP contribution in [0.2, 0.25) is 0 Å². The SMILES string of the molecule is COc1ccc(NC(=O)CCN2CCCCC2C)c(N)c1. The topological polar surface area (TPSA) is 67.6 Å². The first-order valence-electron chi connectivity index (χ1n) is 7.57. The summed E-state index contributed by atoms with van der Waals surface area (Å²) in [4.78, 5) is 14.4. The molecule has 0 aliphatic carbocycles. The maximum Gasteiger partial charge on any atom is 0.225 e. The number of carbonyl (C=O) groups is 1. The van der Waals surface area contributed by atoms with E-state index < -0.39 is 0 Å². The number of hydrogen-bond acceptors (Lipinski definition) is 4. The van der Waals surface area contributed by atoms with Crippen molar-refractivity contribution in [3.63, 3.8) is 0 Å². The van der Waals surface area contributed by atoms with Crippen LogP contribution in [-0.4, -0.2) is 37.0 Å². The molecule has 0 saturated carbocycles. The van der Waals surface area contributed by atoms with E-state index in [1.807, 2.05) is 0 Å². The zero-order valence-electron chi connectivity index (χ0n) is 12.9. The van der Waals surface area contributed by atoms with Crippen molar-refractivity contribution in [1.82, 2.24) is 4.90 Å². The molecule has 0 spiro atoms. The van der Waals surface area contributed by atoms with Crippen LogP contribution in [0.3, 0.4) is 0 Å². The molecule has 21 heavy (non-hydrogen) atoms. The van der Waals surface area contributed by atoms with Crippen LogP contribution in [0, 0.1) is 0 Å². The van der Waals surface area contributed by atoms with Crippen molar-refractivity contribution in [3.8, 4) is 5.75 Å². The zero-order chi connectivity index (χ0) is 15.2. The maximum atomic E-state index is 12.0. The highest BCUT2D eigenvalue weighted by Gasteiger charge is 2.18. The number of nitrogens with one attached hydrogen (secondary N) is 1. The minimum absolute atomic E-state index is 0.00430. The van der Waals surface area contributed by atoms with Crippen molar-refractivity contribution in [1.29, 1.82) is 0 Å². The zero-order valence-corrected chi connectivity index (χ0v) is 12.9. The number of amides is 1. The van der Waals surface area contributed by atoms with Gasteiger partial charge < -0.3 is 20.7 Å². The van der Waals surface area contributed by atoms with Gasteiger partial charge in [-0.1, -0.05) is 6.42 Å². The third-order valence-electron chi connectivity index (χ3n) is 4.10. The van der Waals surface area contributed by atoms with Gasteiger partial charge in [-0.15, -0.1) is 0 Å². The normalized spacial score (nSPS) is 19.2. The van der Waals surface area contributed by atoms with Gasteiger partial charge in [0, 0.05) is 25.1 Å². The molecule has 1 aromatic carbocycles. The Morgan fingerprint density at radius 2 is 2.29 bits per heavy atom. The van der Waals surface area contributed by atoms with Gasteiger partial charge in [0.15, 0.2) is 0 Å². The molecule has 116 valence electrons. The van der Waals surface area contributed by atoms with E-state index in [0.717, 1.165) is 13.1 Å². The van der Waals surface area contributed by atoms with E-state index in [4.69, 9.17) is 10.5 Å². The van der Waals surface area contributed by atoms with Gasteiger partial charge in [-0.3, -0.25) is 4.79 Å². The number of hydrogen-bond donors (Lipinski definition) is 2. The molecule has 1 fully saturated rings. The van der Waals surface area contributed by atoms with Gasteiger partial charge in [0.2, 0.25) is 5.91 Å². The van der Waals surface area contributed by atoms with Crippen LogP contribution in [0.1, 0.15) is 32.6 Å². The molecular formula is C16H25N3O2. The van der Waals surface area contributed by atoms with Crippen molar-refractivity contribution in [3.05, 3.63) is 18.2 Å². The lowest BCUT2D eigenvalue weighted by molar-refractivity contribution is -0.116.